The summed E-state index contributed by atoms with van der Waals surface area (Å²) in [6, 6.07) is -0.153. The molecule has 1 aromatic rings. The molecule has 0 spiro atoms. The summed E-state index contributed by atoms with van der Waals surface area (Å²) in [6.07, 6.45) is 0.139. The van der Waals surface area contributed by atoms with E-state index >= 15 is 0 Å². The van der Waals surface area contributed by atoms with E-state index in [1.165, 1.54) is 11.3 Å². The Kier molecular flexibility index (Phi) is 2.31. The molecule has 1 aromatic heterocycles. The second kappa shape index (κ2) is 3.24. The van der Waals surface area contributed by atoms with Crippen LogP contribution in [0.3, 0.4) is 0 Å². The van der Waals surface area contributed by atoms with E-state index < -0.39 is 5.92 Å². The summed E-state index contributed by atoms with van der Waals surface area (Å²) < 4.78 is 26.1. The fraction of sp³-hybridized carbons (Fsp3) is 0.667. The molecule has 1 atom stereocenters. The maximum absolute atomic E-state index is 13.0. The third-order valence-corrected chi connectivity index (χ3v) is 3.63. The molecule has 2 nitrogen and oxygen atoms in total. The van der Waals surface area contributed by atoms with E-state index in [-0.39, 0.29) is 18.9 Å². The van der Waals surface area contributed by atoms with Gasteiger partial charge >= 0.3 is 0 Å². The number of aryl methyl sites for hydroxylation is 1. The third kappa shape index (κ3) is 1.79. The molecular formula is C9H12F2N2S. The number of hydrogen-bond acceptors (Lipinski definition) is 3. The normalized spacial score (nSPS) is 21.7. The molecule has 0 saturated heterocycles. The van der Waals surface area contributed by atoms with Crippen molar-refractivity contribution in [3.63, 3.8) is 0 Å². The summed E-state index contributed by atoms with van der Waals surface area (Å²) in [5, 5.41) is 0.771. The Morgan fingerprint density at radius 1 is 1.57 bits per heavy atom. The van der Waals surface area contributed by atoms with Crippen molar-refractivity contribution in [2.45, 2.75) is 38.2 Å². The summed E-state index contributed by atoms with van der Waals surface area (Å²) in [4.78, 5) is 4.99. The van der Waals surface area contributed by atoms with Gasteiger partial charge in [-0.05, 0) is 13.3 Å². The molecule has 0 amide bonds. The van der Waals surface area contributed by atoms with Crippen LogP contribution in [0.15, 0.2) is 0 Å². The average Bonchev–Trinajstić information content (AvgIpc) is 2.45. The molecule has 1 heterocycles. The van der Waals surface area contributed by atoms with Gasteiger partial charge in [0.2, 0.25) is 0 Å². The lowest BCUT2D eigenvalue weighted by Crippen LogP contribution is -2.24. The van der Waals surface area contributed by atoms with E-state index in [0.29, 0.717) is 11.3 Å². The monoisotopic (exact) mass is 218 g/mol. The number of fused-ring (bicyclic) bond motifs is 1. The molecule has 0 bridgehead atoms. The van der Waals surface area contributed by atoms with Crippen molar-refractivity contribution < 1.29 is 8.78 Å². The predicted molar refractivity (Wildman–Crippen MR) is 51.7 cm³/mol. The Balaban J connectivity index is 2.30. The molecule has 0 radical (unpaired) electrons. The topological polar surface area (TPSA) is 38.9 Å². The standard InChI is InChI=1S/C9H12F2N2S/c1-5(12)8-13-6-2-3-9(10,11)4-7(6)14-8/h5H,2-4,12H2,1H3. The number of thiazole rings is 1. The highest BCUT2D eigenvalue weighted by molar-refractivity contribution is 7.11. The number of alkyl halides is 2. The van der Waals surface area contributed by atoms with Crippen molar-refractivity contribution in [1.29, 1.82) is 0 Å². The van der Waals surface area contributed by atoms with Crippen LogP contribution in [0.4, 0.5) is 8.78 Å². The Morgan fingerprint density at radius 2 is 2.29 bits per heavy atom. The second-order valence-corrected chi connectivity index (χ2v) is 4.86. The van der Waals surface area contributed by atoms with Crippen LogP contribution in [0, 0.1) is 0 Å². The van der Waals surface area contributed by atoms with Crippen molar-refractivity contribution in [1.82, 2.24) is 4.98 Å². The van der Waals surface area contributed by atoms with Crippen molar-refractivity contribution in [2.24, 2.45) is 5.73 Å². The van der Waals surface area contributed by atoms with Gasteiger partial charge in [0.15, 0.2) is 0 Å². The van der Waals surface area contributed by atoms with Gasteiger partial charge in [-0.2, -0.15) is 0 Å². The summed E-state index contributed by atoms with van der Waals surface area (Å²) in [5.41, 5.74) is 6.48. The smallest absolute Gasteiger partial charge is 0.253 e. The lowest BCUT2D eigenvalue weighted by atomic mass is 9.99. The van der Waals surface area contributed by atoms with Crippen molar-refractivity contribution in [2.75, 3.05) is 0 Å². The fourth-order valence-electron chi connectivity index (χ4n) is 1.56. The SMILES string of the molecule is CC(N)c1nc2c(s1)CC(F)(F)CC2. The molecular weight excluding hydrogens is 206 g/mol. The van der Waals surface area contributed by atoms with Crippen LogP contribution in [-0.2, 0) is 12.8 Å². The van der Waals surface area contributed by atoms with E-state index in [2.05, 4.69) is 4.98 Å². The molecule has 0 saturated carbocycles. The van der Waals surface area contributed by atoms with Crippen LogP contribution in [0.25, 0.3) is 0 Å². The van der Waals surface area contributed by atoms with Gasteiger partial charge < -0.3 is 5.73 Å². The molecule has 5 heteroatoms. The van der Waals surface area contributed by atoms with Gasteiger partial charge in [-0.15, -0.1) is 11.3 Å². The number of rotatable bonds is 1. The molecule has 2 rings (SSSR count). The lowest BCUT2D eigenvalue weighted by Gasteiger charge is -2.19. The Labute approximate surface area is 85.1 Å². The largest absolute Gasteiger partial charge is 0.322 e. The van der Waals surface area contributed by atoms with Gasteiger partial charge in [-0.25, -0.2) is 13.8 Å². The minimum atomic E-state index is -2.55. The van der Waals surface area contributed by atoms with Gasteiger partial charge in [0.05, 0.1) is 11.7 Å². The van der Waals surface area contributed by atoms with Gasteiger partial charge in [0.1, 0.15) is 5.01 Å². The second-order valence-electron chi connectivity index (χ2n) is 3.74. The number of hydrogen-bond donors (Lipinski definition) is 1. The molecule has 0 aliphatic heterocycles. The van der Waals surface area contributed by atoms with Crippen molar-refractivity contribution in [3.8, 4) is 0 Å². The zero-order valence-electron chi connectivity index (χ0n) is 7.89. The van der Waals surface area contributed by atoms with E-state index in [4.69, 9.17) is 5.73 Å². The maximum Gasteiger partial charge on any atom is 0.253 e. The van der Waals surface area contributed by atoms with Crippen LogP contribution in [0.5, 0.6) is 0 Å². The van der Waals surface area contributed by atoms with E-state index in [9.17, 15) is 8.78 Å². The minimum absolute atomic E-state index is 0.0812. The molecule has 2 N–H and O–H groups in total. The first-order chi connectivity index (χ1) is 6.48. The van der Waals surface area contributed by atoms with Crippen LogP contribution in [-0.4, -0.2) is 10.9 Å². The highest BCUT2D eigenvalue weighted by atomic mass is 32.1. The molecule has 1 unspecified atom stereocenters. The molecule has 0 fully saturated rings. The van der Waals surface area contributed by atoms with Crippen LogP contribution < -0.4 is 5.73 Å². The fourth-order valence-corrected chi connectivity index (χ4v) is 2.70. The Morgan fingerprint density at radius 3 is 2.93 bits per heavy atom. The molecule has 1 aliphatic rings. The van der Waals surface area contributed by atoms with Crippen molar-refractivity contribution in [3.05, 3.63) is 15.6 Å². The first-order valence-electron chi connectivity index (χ1n) is 4.60. The number of aromatic nitrogens is 1. The summed E-state index contributed by atoms with van der Waals surface area (Å²) >= 11 is 1.33. The van der Waals surface area contributed by atoms with Gasteiger partial charge in [-0.1, -0.05) is 0 Å². The van der Waals surface area contributed by atoms with E-state index in [1.807, 2.05) is 6.92 Å². The highest BCUT2D eigenvalue weighted by Gasteiger charge is 2.36. The van der Waals surface area contributed by atoms with Gasteiger partial charge in [0.25, 0.3) is 5.92 Å². The zero-order chi connectivity index (χ0) is 10.3. The predicted octanol–water partition coefficient (Wildman–Crippen LogP) is 2.29. The average molecular weight is 218 g/mol. The highest BCUT2D eigenvalue weighted by Crippen LogP contribution is 2.36. The van der Waals surface area contributed by atoms with E-state index in [1.54, 1.807) is 0 Å². The number of nitrogens with two attached hydrogens (primary N) is 1. The first kappa shape index (κ1) is 9.98. The minimum Gasteiger partial charge on any atom is -0.322 e. The van der Waals surface area contributed by atoms with Crippen molar-refractivity contribution >= 4 is 11.3 Å². The molecule has 1 aliphatic carbocycles. The quantitative estimate of drug-likeness (QED) is 0.785. The number of nitrogens with zero attached hydrogens (tertiary/aromatic N) is 1. The summed E-state index contributed by atoms with van der Waals surface area (Å²) in [5.74, 6) is -2.55. The lowest BCUT2D eigenvalue weighted by molar-refractivity contribution is -0.0116. The molecule has 0 aromatic carbocycles. The Hall–Kier alpha value is -0.550. The van der Waals surface area contributed by atoms with Crippen LogP contribution in [0.2, 0.25) is 0 Å². The van der Waals surface area contributed by atoms with Crippen LogP contribution >= 0.6 is 11.3 Å². The third-order valence-electron chi connectivity index (χ3n) is 2.33. The van der Waals surface area contributed by atoms with Gasteiger partial charge in [0, 0.05) is 17.7 Å². The van der Waals surface area contributed by atoms with E-state index in [0.717, 1.165) is 10.7 Å². The molecule has 78 valence electrons. The molecule has 14 heavy (non-hydrogen) atoms. The Bertz CT molecular complexity index is 347. The summed E-state index contributed by atoms with van der Waals surface area (Å²) in [6.45, 7) is 1.82. The summed E-state index contributed by atoms with van der Waals surface area (Å²) in [7, 11) is 0. The van der Waals surface area contributed by atoms with Crippen LogP contribution in [0.1, 0.15) is 35.0 Å². The van der Waals surface area contributed by atoms with Gasteiger partial charge in [-0.3, -0.25) is 0 Å². The maximum atomic E-state index is 13.0. The zero-order valence-corrected chi connectivity index (χ0v) is 8.70. The number of halogens is 2. The first-order valence-corrected chi connectivity index (χ1v) is 5.41.